The second-order valence-electron chi connectivity index (χ2n) is 10.8. The summed E-state index contributed by atoms with van der Waals surface area (Å²) in [6.45, 7) is 8.42. The molecule has 6 heteroatoms. The van der Waals surface area contributed by atoms with Crippen LogP contribution >= 0.6 is 0 Å². The third kappa shape index (κ3) is 5.79. The molecule has 1 aliphatic heterocycles. The van der Waals surface area contributed by atoms with Gasteiger partial charge in [-0.05, 0) is 64.4 Å². The van der Waals surface area contributed by atoms with Crippen LogP contribution < -0.4 is 5.32 Å². The Morgan fingerprint density at radius 1 is 0.941 bits per heavy atom. The van der Waals surface area contributed by atoms with Gasteiger partial charge in [0.05, 0.1) is 0 Å². The maximum atomic E-state index is 13.7. The number of rotatable bonds is 6. The van der Waals surface area contributed by atoms with Crippen molar-refractivity contribution in [1.29, 1.82) is 0 Å². The van der Waals surface area contributed by atoms with Gasteiger partial charge in [-0.2, -0.15) is 0 Å². The van der Waals surface area contributed by atoms with E-state index >= 15 is 0 Å². The zero-order valence-corrected chi connectivity index (χ0v) is 20.7. The highest BCUT2D eigenvalue weighted by molar-refractivity contribution is 5.82. The van der Waals surface area contributed by atoms with Gasteiger partial charge in [0.2, 0.25) is 0 Å². The molecule has 1 N–H and O–H groups in total. The molecule has 1 amide bonds. The molecule has 0 radical (unpaired) electrons. The SMILES string of the molecule is CC(C)(C)OC(=O)N1CCC2(CC2)CC1C(=O)O[C@@](C)(NCc1ccccc1)c1ccccc1. The van der Waals surface area contributed by atoms with Gasteiger partial charge in [0.15, 0.2) is 5.72 Å². The van der Waals surface area contributed by atoms with Crippen molar-refractivity contribution in [2.24, 2.45) is 5.41 Å². The summed E-state index contributed by atoms with van der Waals surface area (Å²) >= 11 is 0. The molecule has 2 aromatic rings. The number of carbonyl (C=O) groups excluding carboxylic acids is 2. The second kappa shape index (κ2) is 9.41. The highest BCUT2D eigenvalue weighted by Crippen LogP contribution is 2.55. The van der Waals surface area contributed by atoms with Crippen LogP contribution in [0.3, 0.4) is 0 Å². The van der Waals surface area contributed by atoms with Gasteiger partial charge in [-0.15, -0.1) is 0 Å². The van der Waals surface area contributed by atoms with E-state index in [0.29, 0.717) is 19.5 Å². The Bertz CT molecular complexity index is 998. The van der Waals surface area contributed by atoms with Crippen molar-refractivity contribution in [2.75, 3.05) is 6.54 Å². The lowest BCUT2D eigenvalue weighted by atomic mass is 9.88. The Balaban J connectivity index is 1.56. The Hall–Kier alpha value is -2.86. The van der Waals surface area contributed by atoms with Crippen LogP contribution in [0.1, 0.15) is 64.5 Å². The average molecular weight is 465 g/mol. The van der Waals surface area contributed by atoms with Gasteiger partial charge >= 0.3 is 12.1 Å². The third-order valence-corrected chi connectivity index (χ3v) is 6.84. The molecule has 1 spiro atoms. The molecule has 2 aliphatic rings. The van der Waals surface area contributed by atoms with Crippen LogP contribution in [0.15, 0.2) is 60.7 Å². The molecule has 34 heavy (non-hydrogen) atoms. The van der Waals surface area contributed by atoms with Crippen LogP contribution in [0.25, 0.3) is 0 Å². The summed E-state index contributed by atoms with van der Waals surface area (Å²) in [5.74, 6) is -0.399. The quantitative estimate of drug-likeness (QED) is 0.460. The van der Waals surface area contributed by atoms with E-state index in [1.54, 1.807) is 4.90 Å². The molecule has 1 unspecified atom stereocenters. The number of benzene rings is 2. The number of esters is 1. The van der Waals surface area contributed by atoms with Crippen molar-refractivity contribution < 1.29 is 19.1 Å². The standard InChI is InChI=1S/C28H36N2O4/c1-26(2,3)34-25(32)30-18-17-28(15-16-28)19-23(30)24(31)33-27(4,22-13-9-6-10-14-22)29-20-21-11-7-5-8-12-21/h5-14,23,29H,15-20H2,1-4H3/t23?,27-/m1/s1. The van der Waals surface area contributed by atoms with E-state index in [1.807, 2.05) is 88.4 Å². The van der Waals surface area contributed by atoms with E-state index in [-0.39, 0.29) is 5.41 Å². The normalized spacial score (nSPS) is 20.9. The summed E-state index contributed by atoms with van der Waals surface area (Å²) in [6, 6.07) is 19.0. The first-order chi connectivity index (χ1) is 16.1. The molecule has 2 fully saturated rings. The van der Waals surface area contributed by atoms with Gasteiger partial charge in [-0.3, -0.25) is 10.2 Å². The van der Waals surface area contributed by atoms with E-state index in [2.05, 4.69) is 5.32 Å². The van der Waals surface area contributed by atoms with Crippen molar-refractivity contribution in [1.82, 2.24) is 10.2 Å². The van der Waals surface area contributed by atoms with Crippen LogP contribution in [0, 0.1) is 5.41 Å². The van der Waals surface area contributed by atoms with Crippen LogP contribution in [-0.4, -0.2) is 35.2 Å². The Kier molecular flexibility index (Phi) is 6.72. The van der Waals surface area contributed by atoms with Gasteiger partial charge in [-0.25, -0.2) is 9.59 Å². The van der Waals surface area contributed by atoms with Gasteiger partial charge < -0.3 is 9.47 Å². The molecule has 4 rings (SSSR count). The predicted octanol–water partition coefficient (Wildman–Crippen LogP) is 5.37. The third-order valence-electron chi connectivity index (χ3n) is 6.84. The molecule has 0 aromatic heterocycles. The molecule has 0 bridgehead atoms. The first kappa shape index (κ1) is 24.3. The minimum Gasteiger partial charge on any atom is -0.444 e. The smallest absolute Gasteiger partial charge is 0.411 e. The Morgan fingerprint density at radius 3 is 2.15 bits per heavy atom. The second-order valence-corrected chi connectivity index (χ2v) is 10.8. The van der Waals surface area contributed by atoms with Crippen LogP contribution in [0.2, 0.25) is 0 Å². The number of hydrogen-bond acceptors (Lipinski definition) is 5. The number of piperidine rings is 1. The fraction of sp³-hybridized carbons (Fsp3) is 0.500. The predicted molar refractivity (Wildman–Crippen MR) is 131 cm³/mol. The number of likely N-dealkylation sites (tertiary alicyclic amines) is 1. The number of hydrogen-bond donors (Lipinski definition) is 1. The molecule has 6 nitrogen and oxygen atoms in total. The molecule has 2 atom stereocenters. The summed E-state index contributed by atoms with van der Waals surface area (Å²) in [5.41, 5.74) is 0.409. The van der Waals surface area contributed by atoms with E-state index < -0.39 is 29.4 Å². The molecule has 2 aromatic carbocycles. The molecule has 1 heterocycles. The van der Waals surface area contributed by atoms with Crippen LogP contribution in [0.4, 0.5) is 4.79 Å². The maximum absolute atomic E-state index is 13.7. The molecule has 1 saturated carbocycles. The zero-order valence-electron chi connectivity index (χ0n) is 20.7. The lowest BCUT2D eigenvalue weighted by Crippen LogP contribution is -2.55. The van der Waals surface area contributed by atoms with Crippen molar-refractivity contribution in [2.45, 2.75) is 77.3 Å². The molecule has 1 saturated heterocycles. The molecular formula is C28H36N2O4. The average Bonchev–Trinajstić information content (AvgIpc) is 3.56. The largest absolute Gasteiger partial charge is 0.444 e. The Labute approximate surface area is 202 Å². The van der Waals surface area contributed by atoms with Crippen molar-refractivity contribution in [3.8, 4) is 0 Å². The highest BCUT2D eigenvalue weighted by atomic mass is 16.6. The van der Waals surface area contributed by atoms with E-state index in [1.165, 1.54) is 0 Å². The number of amides is 1. The van der Waals surface area contributed by atoms with Gasteiger partial charge in [0, 0.05) is 18.7 Å². The van der Waals surface area contributed by atoms with Gasteiger partial charge in [-0.1, -0.05) is 60.7 Å². The van der Waals surface area contributed by atoms with E-state index in [4.69, 9.17) is 9.47 Å². The summed E-state index contributed by atoms with van der Waals surface area (Å²) in [7, 11) is 0. The lowest BCUT2D eigenvalue weighted by Gasteiger charge is -2.41. The zero-order chi connectivity index (χ0) is 24.4. The van der Waals surface area contributed by atoms with Gasteiger partial charge in [0.25, 0.3) is 0 Å². The summed E-state index contributed by atoms with van der Waals surface area (Å²) in [5, 5.41) is 3.44. The Morgan fingerprint density at radius 2 is 1.56 bits per heavy atom. The minimum atomic E-state index is -1.05. The monoisotopic (exact) mass is 464 g/mol. The van der Waals surface area contributed by atoms with E-state index in [9.17, 15) is 9.59 Å². The number of nitrogens with zero attached hydrogens (tertiary/aromatic N) is 1. The van der Waals surface area contributed by atoms with Crippen LogP contribution in [0.5, 0.6) is 0 Å². The molecule has 1 aliphatic carbocycles. The first-order valence-corrected chi connectivity index (χ1v) is 12.2. The first-order valence-electron chi connectivity index (χ1n) is 12.2. The molecule has 182 valence electrons. The van der Waals surface area contributed by atoms with Gasteiger partial charge in [0.1, 0.15) is 11.6 Å². The summed E-state index contributed by atoms with van der Waals surface area (Å²) < 4.78 is 11.8. The number of ether oxygens (including phenoxy) is 2. The fourth-order valence-electron chi connectivity index (χ4n) is 4.61. The summed E-state index contributed by atoms with van der Waals surface area (Å²) in [4.78, 5) is 28.2. The fourth-order valence-corrected chi connectivity index (χ4v) is 4.61. The lowest BCUT2D eigenvalue weighted by molar-refractivity contribution is -0.172. The van der Waals surface area contributed by atoms with Crippen molar-refractivity contribution in [3.05, 3.63) is 71.8 Å². The van der Waals surface area contributed by atoms with Crippen LogP contribution in [-0.2, 0) is 26.5 Å². The number of carbonyl (C=O) groups is 2. The summed E-state index contributed by atoms with van der Waals surface area (Å²) in [6.07, 6.45) is 3.26. The minimum absolute atomic E-state index is 0.156. The highest BCUT2D eigenvalue weighted by Gasteiger charge is 2.52. The topological polar surface area (TPSA) is 67.9 Å². The molecular weight excluding hydrogens is 428 g/mol. The number of nitrogens with one attached hydrogen (secondary N) is 1. The maximum Gasteiger partial charge on any atom is 0.411 e. The van der Waals surface area contributed by atoms with Crippen molar-refractivity contribution in [3.63, 3.8) is 0 Å². The van der Waals surface area contributed by atoms with Crippen molar-refractivity contribution >= 4 is 12.1 Å². The van der Waals surface area contributed by atoms with E-state index in [0.717, 1.165) is 30.4 Å².